The average molecular weight is 504 g/mol. The molecule has 9 heteroatoms. The van der Waals surface area contributed by atoms with Crippen molar-refractivity contribution in [2.24, 2.45) is 0 Å². The van der Waals surface area contributed by atoms with Gasteiger partial charge in [-0.1, -0.05) is 48.0 Å². The molecule has 0 radical (unpaired) electrons. The van der Waals surface area contributed by atoms with Gasteiger partial charge in [0.1, 0.15) is 11.3 Å². The van der Waals surface area contributed by atoms with Gasteiger partial charge in [0.15, 0.2) is 6.61 Å². The largest absolute Gasteiger partial charge is 0.484 e. The second-order valence-electron chi connectivity index (χ2n) is 8.11. The first-order valence-electron chi connectivity index (χ1n) is 11.0. The Morgan fingerprint density at radius 1 is 1.00 bits per heavy atom. The van der Waals surface area contributed by atoms with Crippen molar-refractivity contribution in [1.82, 2.24) is 5.32 Å². The summed E-state index contributed by atoms with van der Waals surface area (Å²) in [6.45, 7) is 3.43. The van der Waals surface area contributed by atoms with E-state index in [-0.39, 0.29) is 23.8 Å². The van der Waals surface area contributed by atoms with Gasteiger partial charge >= 0.3 is 6.03 Å². The number of hydrogen-bond donors (Lipinski definition) is 2. The zero-order valence-electron chi connectivity index (χ0n) is 19.5. The number of anilines is 2. The molecule has 8 nitrogen and oxygen atoms in total. The van der Waals surface area contributed by atoms with Crippen molar-refractivity contribution in [2.45, 2.75) is 13.8 Å². The minimum Gasteiger partial charge on any atom is -0.484 e. The third kappa shape index (κ3) is 5.45. The van der Waals surface area contributed by atoms with E-state index in [4.69, 9.17) is 16.3 Å². The molecule has 36 heavy (non-hydrogen) atoms. The maximum absolute atomic E-state index is 13.1. The number of rotatable bonds is 6. The molecule has 0 saturated carbocycles. The first kappa shape index (κ1) is 24.7. The van der Waals surface area contributed by atoms with Crippen LogP contribution in [-0.2, 0) is 14.4 Å². The van der Waals surface area contributed by atoms with Crippen molar-refractivity contribution in [2.75, 3.05) is 16.8 Å². The second-order valence-corrected chi connectivity index (χ2v) is 8.55. The maximum Gasteiger partial charge on any atom is 0.335 e. The Morgan fingerprint density at radius 2 is 1.72 bits per heavy atom. The van der Waals surface area contributed by atoms with Crippen molar-refractivity contribution >= 4 is 52.8 Å². The van der Waals surface area contributed by atoms with Gasteiger partial charge in [-0.3, -0.25) is 19.7 Å². The quantitative estimate of drug-likeness (QED) is 0.376. The zero-order valence-corrected chi connectivity index (χ0v) is 20.3. The Hall–Kier alpha value is -4.43. The number of barbiturate groups is 1. The summed E-state index contributed by atoms with van der Waals surface area (Å²) in [6.07, 6.45) is 1.38. The number of nitrogens with zero attached hydrogens (tertiary/aromatic N) is 1. The highest BCUT2D eigenvalue weighted by Gasteiger charge is 2.37. The molecule has 0 aliphatic carbocycles. The lowest BCUT2D eigenvalue weighted by Crippen LogP contribution is -2.54. The van der Waals surface area contributed by atoms with Gasteiger partial charge in [-0.25, -0.2) is 9.69 Å². The van der Waals surface area contributed by atoms with E-state index in [1.165, 1.54) is 12.1 Å². The van der Waals surface area contributed by atoms with Crippen LogP contribution in [-0.4, -0.2) is 30.4 Å². The average Bonchev–Trinajstić information content (AvgIpc) is 2.84. The van der Waals surface area contributed by atoms with Gasteiger partial charge in [0, 0.05) is 10.7 Å². The topological polar surface area (TPSA) is 105 Å². The number of amides is 5. The van der Waals surface area contributed by atoms with Gasteiger partial charge in [0.25, 0.3) is 17.7 Å². The number of carbonyl (C=O) groups is 4. The Labute approximate surface area is 212 Å². The summed E-state index contributed by atoms with van der Waals surface area (Å²) in [6, 6.07) is 17.9. The summed E-state index contributed by atoms with van der Waals surface area (Å²) in [5, 5.41) is 5.33. The number of benzene rings is 3. The number of hydrogen-bond acceptors (Lipinski definition) is 5. The molecule has 0 bridgehead atoms. The third-order valence-corrected chi connectivity index (χ3v) is 5.73. The second kappa shape index (κ2) is 10.5. The van der Waals surface area contributed by atoms with E-state index in [0.29, 0.717) is 27.6 Å². The lowest BCUT2D eigenvalue weighted by atomic mass is 10.1. The Kier molecular flexibility index (Phi) is 7.17. The zero-order chi connectivity index (χ0) is 25.8. The fourth-order valence-electron chi connectivity index (χ4n) is 3.57. The molecule has 1 heterocycles. The Morgan fingerprint density at radius 3 is 2.44 bits per heavy atom. The summed E-state index contributed by atoms with van der Waals surface area (Å²) >= 11 is 6.05. The number of ether oxygens (including phenoxy) is 1. The minimum atomic E-state index is -0.847. The molecular weight excluding hydrogens is 482 g/mol. The van der Waals surface area contributed by atoms with Gasteiger partial charge in [0.2, 0.25) is 0 Å². The van der Waals surface area contributed by atoms with Crippen molar-refractivity contribution < 1.29 is 23.9 Å². The third-order valence-electron chi connectivity index (χ3n) is 5.49. The van der Waals surface area contributed by atoms with E-state index >= 15 is 0 Å². The van der Waals surface area contributed by atoms with Crippen LogP contribution in [0, 0.1) is 13.8 Å². The lowest BCUT2D eigenvalue weighted by molar-refractivity contribution is -0.122. The molecule has 4 rings (SSSR count). The molecule has 1 aliphatic heterocycles. The number of imide groups is 2. The van der Waals surface area contributed by atoms with Crippen LogP contribution in [0.4, 0.5) is 16.2 Å². The van der Waals surface area contributed by atoms with Gasteiger partial charge in [0.05, 0.1) is 5.69 Å². The number of urea groups is 1. The molecular formula is C27H22ClN3O5. The predicted octanol–water partition coefficient (Wildman–Crippen LogP) is 4.64. The van der Waals surface area contributed by atoms with Crippen LogP contribution in [0.1, 0.15) is 16.7 Å². The summed E-state index contributed by atoms with van der Waals surface area (Å²) in [5.74, 6) is -1.43. The minimum absolute atomic E-state index is 0.189. The summed E-state index contributed by atoms with van der Waals surface area (Å²) < 4.78 is 5.54. The maximum atomic E-state index is 13.1. The van der Waals surface area contributed by atoms with Crippen LogP contribution in [0.2, 0.25) is 5.02 Å². The van der Waals surface area contributed by atoms with Crippen molar-refractivity contribution in [3.05, 3.63) is 94.0 Å². The fourth-order valence-corrected chi connectivity index (χ4v) is 3.74. The number of para-hydroxylation sites is 1. The monoisotopic (exact) mass is 503 g/mol. The van der Waals surface area contributed by atoms with Gasteiger partial charge < -0.3 is 10.1 Å². The Bertz CT molecular complexity index is 1400. The SMILES string of the molecule is Cc1ccccc1NC(=O)COc1ccc(/C=C2\C(=O)NC(=O)N(c3cc(Cl)ccc3C)C2=O)cc1. The van der Waals surface area contributed by atoms with Crippen LogP contribution in [0.15, 0.2) is 72.3 Å². The molecule has 2 N–H and O–H groups in total. The highest BCUT2D eigenvalue weighted by molar-refractivity contribution is 6.39. The molecule has 1 saturated heterocycles. The standard InChI is InChI=1S/C27H22ClN3O5/c1-16-5-3-4-6-22(16)29-24(32)15-36-20-11-8-18(9-12-20)13-21-25(33)30-27(35)31(26(21)34)23-14-19(28)10-7-17(23)2/h3-14H,15H2,1-2H3,(H,29,32)(H,30,33,35)/b21-13+. The van der Waals surface area contributed by atoms with E-state index in [9.17, 15) is 19.2 Å². The molecule has 3 aromatic carbocycles. The highest BCUT2D eigenvalue weighted by atomic mass is 35.5. The number of nitrogens with one attached hydrogen (secondary N) is 2. The number of aryl methyl sites for hydroxylation is 2. The summed E-state index contributed by atoms with van der Waals surface area (Å²) in [7, 11) is 0. The normalized spacial score (nSPS) is 14.6. The summed E-state index contributed by atoms with van der Waals surface area (Å²) in [4.78, 5) is 51.0. The van der Waals surface area contributed by atoms with Gasteiger partial charge in [-0.05, 0) is 66.9 Å². The van der Waals surface area contributed by atoms with Gasteiger partial charge in [-0.2, -0.15) is 0 Å². The molecule has 0 aromatic heterocycles. The van der Waals surface area contributed by atoms with E-state index in [2.05, 4.69) is 10.6 Å². The van der Waals surface area contributed by atoms with Crippen LogP contribution in [0.3, 0.4) is 0 Å². The number of carbonyl (C=O) groups excluding carboxylic acids is 4. The predicted molar refractivity (Wildman–Crippen MR) is 137 cm³/mol. The van der Waals surface area contributed by atoms with Crippen molar-refractivity contribution in [3.63, 3.8) is 0 Å². The first-order chi connectivity index (χ1) is 17.2. The molecule has 3 aromatic rings. The molecule has 0 spiro atoms. The highest BCUT2D eigenvalue weighted by Crippen LogP contribution is 2.28. The van der Waals surface area contributed by atoms with E-state index in [1.54, 1.807) is 49.4 Å². The van der Waals surface area contributed by atoms with E-state index in [1.807, 2.05) is 25.1 Å². The van der Waals surface area contributed by atoms with Crippen LogP contribution >= 0.6 is 11.6 Å². The first-order valence-corrected chi connectivity index (χ1v) is 11.4. The molecule has 182 valence electrons. The molecule has 5 amide bonds. The van der Waals surface area contributed by atoms with Crippen LogP contribution in [0.5, 0.6) is 5.75 Å². The van der Waals surface area contributed by atoms with Crippen molar-refractivity contribution in [1.29, 1.82) is 0 Å². The van der Waals surface area contributed by atoms with Crippen LogP contribution < -0.4 is 20.3 Å². The smallest absolute Gasteiger partial charge is 0.335 e. The molecule has 0 atom stereocenters. The van der Waals surface area contributed by atoms with E-state index < -0.39 is 17.8 Å². The lowest BCUT2D eigenvalue weighted by Gasteiger charge is -2.27. The van der Waals surface area contributed by atoms with Crippen LogP contribution in [0.25, 0.3) is 6.08 Å². The van der Waals surface area contributed by atoms with E-state index in [0.717, 1.165) is 10.5 Å². The molecule has 0 unspecified atom stereocenters. The number of halogens is 1. The molecule has 1 fully saturated rings. The van der Waals surface area contributed by atoms with Crippen molar-refractivity contribution in [3.8, 4) is 5.75 Å². The Balaban J connectivity index is 1.46. The fraction of sp³-hybridized carbons (Fsp3) is 0.111. The molecule has 1 aliphatic rings. The van der Waals surface area contributed by atoms with Gasteiger partial charge in [-0.15, -0.1) is 0 Å². The summed E-state index contributed by atoms with van der Waals surface area (Å²) in [5.41, 5.74) is 2.91.